The Morgan fingerprint density at radius 2 is 2.00 bits per heavy atom. The number of rotatable bonds is 4. The topological polar surface area (TPSA) is 57.6 Å². The molecule has 0 spiro atoms. The van der Waals surface area contributed by atoms with E-state index in [1.165, 1.54) is 0 Å². The van der Waals surface area contributed by atoms with Crippen molar-refractivity contribution in [3.05, 3.63) is 0 Å². The maximum Gasteiger partial charge on any atom is 0.156 e. The molecule has 1 aliphatic heterocycles. The maximum atomic E-state index is 11.9. The number of aliphatic hydroxyl groups excluding tert-OH is 1. The zero-order valence-electron chi connectivity index (χ0n) is 11.3. The van der Waals surface area contributed by atoms with Crippen LogP contribution in [0, 0.1) is 5.92 Å². The molecule has 4 nitrogen and oxygen atoms in total. The zero-order chi connectivity index (χ0) is 13.3. The van der Waals surface area contributed by atoms with Crippen LogP contribution in [0.4, 0.5) is 0 Å². The molecule has 1 aliphatic rings. The van der Waals surface area contributed by atoms with Gasteiger partial charge in [0.15, 0.2) is 9.84 Å². The smallest absolute Gasteiger partial charge is 0.156 e. The van der Waals surface area contributed by atoms with Crippen LogP contribution >= 0.6 is 0 Å². The molecule has 0 aromatic heterocycles. The molecule has 1 heterocycles. The summed E-state index contributed by atoms with van der Waals surface area (Å²) in [4.78, 5) is 2.14. The van der Waals surface area contributed by atoms with Gasteiger partial charge in [-0.15, -0.1) is 0 Å². The van der Waals surface area contributed by atoms with E-state index in [-0.39, 0.29) is 11.9 Å². The summed E-state index contributed by atoms with van der Waals surface area (Å²) >= 11 is 0. The molecule has 1 fully saturated rings. The summed E-state index contributed by atoms with van der Waals surface area (Å²) in [5, 5.41) is 9.48. The molecule has 17 heavy (non-hydrogen) atoms. The third-order valence-electron chi connectivity index (χ3n) is 3.60. The number of hydrogen-bond acceptors (Lipinski definition) is 4. The minimum atomic E-state index is -3.03. The van der Waals surface area contributed by atoms with Gasteiger partial charge in [-0.3, -0.25) is 0 Å². The largest absolute Gasteiger partial charge is 0.393 e. The Bertz CT molecular complexity index is 343. The summed E-state index contributed by atoms with van der Waals surface area (Å²) in [7, 11) is -3.03. The first kappa shape index (κ1) is 14.9. The second-order valence-corrected chi connectivity index (χ2v) is 8.88. The lowest BCUT2D eigenvalue weighted by Gasteiger charge is -2.22. The lowest BCUT2D eigenvalue weighted by Crippen LogP contribution is -2.36. The summed E-state index contributed by atoms with van der Waals surface area (Å²) in [6.07, 6.45) is 0.673. The summed E-state index contributed by atoms with van der Waals surface area (Å²) in [6.45, 7) is 9.33. The van der Waals surface area contributed by atoms with Gasteiger partial charge in [0.2, 0.25) is 0 Å². The van der Waals surface area contributed by atoms with Crippen molar-refractivity contribution < 1.29 is 13.5 Å². The van der Waals surface area contributed by atoms with E-state index in [0.717, 1.165) is 19.5 Å². The standard InChI is InChI=1S/C12H25NO3S/c1-10(14)11-5-6-13(9-11)7-8-17(15,16)12(2,3)4/h10-11,14H,5-9H2,1-4H3. The Morgan fingerprint density at radius 3 is 2.41 bits per heavy atom. The fraction of sp³-hybridized carbons (Fsp3) is 1.00. The van der Waals surface area contributed by atoms with Gasteiger partial charge in [0.25, 0.3) is 0 Å². The van der Waals surface area contributed by atoms with Gasteiger partial charge >= 0.3 is 0 Å². The van der Waals surface area contributed by atoms with E-state index >= 15 is 0 Å². The van der Waals surface area contributed by atoms with E-state index in [1.807, 2.05) is 0 Å². The van der Waals surface area contributed by atoms with E-state index in [4.69, 9.17) is 0 Å². The predicted molar refractivity (Wildman–Crippen MR) is 69.8 cm³/mol. The first-order valence-electron chi connectivity index (χ1n) is 6.26. The molecule has 1 rings (SSSR count). The van der Waals surface area contributed by atoms with Gasteiger partial charge in [0, 0.05) is 13.1 Å². The van der Waals surface area contributed by atoms with Crippen molar-refractivity contribution in [1.29, 1.82) is 0 Å². The van der Waals surface area contributed by atoms with Crippen LogP contribution in [-0.4, -0.2) is 54.7 Å². The monoisotopic (exact) mass is 263 g/mol. The highest BCUT2D eigenvalue weighted by Crippen LogP contribution is 2.21. The van der Waals surface area contributed by atoms with Gasteiger partial charge in [-0.25, -0.2) is 8.42 Å². The molecule has 0 bridgehead atoms. The first-order valence-corrected chi connectivity index (χ1v) is 7.91. The van der Waals surface area contributed by atoms with E-state index in [1.54, 1.807) is 27.7 Å². The molecule has 1 N–H and O–H groups in total. The van der Waals surface area contributed by atoms with Crippen LogP contribution < -0.4 is 0 Å². The average molecular weight is 263 g/mol. The molecule has 0 aliphatic carbocycles. The highest BCUT2D eigenvalue weighted by molar-refractivity contribution is 7.92. The number of likely N-dealkylation sites (tertiary alicyclic amines) is 1. The Balaban J connectivity index is 2.44. The molecule has 2 atom stereocenters. The summed E-state index contributed by atoms with van der Waals surface area (Å²) in [5.41, 5.74) is 0. The zero-order valence-corrected chi connectivity index (χ0v) is 12.1. The minimum absolute atomic E-state index is 0.211. The summed E-state index contributed by atoms with van der Waals surface area (Å²) in [6, 6.07) is 0. The Kier molecular flexibility index (Phi) is 4.60. The molecule has 0 aromatic rings. The lowest BCUT2D eigenvalue weighted by molar-refractivity contribution is 0.128. The fourth-order valence-corrected chi connectivity index (χ4v) is 3.13. The van der Waals surface area contributed by atoms with Crippen molar-refractivity contribution in [2.24, 2.45) is 5.92 Å². The second-order valence-electron chi connectivity index (χ2n) is 6.02. The molecule has 2 unspecified atom stereocenters. The first-order chi connectivity index (χ1) is 7.63. The van der Waals surface area contributed by atoms with E-state index in [0.29, 0.717) is 12.5 Å². The average Bonchev–Trinajstić information content (AvgIpc) is 2.61. The van der Waals surface area contributed by atoms with Gasteiger partial charge < -0.3 is 10.0 Å². The second kappa shape index (κ2) is 5.24. The summed E-state index contributed by atoms with van der Waals surface area (Å²) < 4.78 is 23.2. The van der Waals surface area contributed by atoms with Crippen LogP contribution in [0.15, 0.2) is 0 Å². The quantitative estimate of drug-likeness (QED) is 0.819. The number of aliphatic hydroxyl groups is 1. The molecule has 0 radical (unpaired) electrons. The molecule has 0 amide bonds. The van der Waals surface area contributed by atoms with Gasteiger partial charge in [-0.05, 0) is 46.6 Å². The molecular formula is C12H25NO3S. The maximum absolute atomic E-state index is 11.9. The van der Waals surface area contributed by atoms with E-state index in [2.05, 4.69) is 4.90 Å². The molecule has 1 saturated heterocycles. The van der Waals surface area contributed by atoms with Gasteiger partial charge in [-0.1, -0.05) is 0 Å². The van der Waals surface area contributed by atoms with Crippen LogP contribution in [0.2, 0.25) is 0 Å². The Morgan fingerprint density at radius 1 is 1.41 bits per heavy atom. The predicted octanol–water partition coefficient (Wildman–Crippen LogP) is 0.902. The fourth-order valence-electron chi connectivity index (χ4n) is 2.01. The third-order valence-corrected chi connectivity index (χ3v) is 6.19. The SMILES string of the molecule is CC(O)C1CCN(CCS(=O)(=O)C(C)(C)C)C1. The van der Waals surface area contributed by atoms with Crippen molar-refractivity contribution in [2.45, 2.75) is 45.0 Å². The van der Waals surface area contributed by atoms with Crippen LogP contribution in [-0.2, 0) is 9.84 Å². The number of nitrogens with zero attached hydrogens (tertiary/aromatic N) is 1. The van der Waals surface area contributed by atoms with Crippen molar-refractivity contribution in [2.75, 3.05) is 25.4 Å². The van der Waals surface area contributed by atoms with Crippen LogP contribution in [0.25, 0.3) is 0 Å². The van der Waals surface area contributed by atoms with Crippen LogP contribution in [0.3, 0.4) is 0 Å². The van der Waals surface area contributed by atoms with Crippen LogP contribution in [0.1, 0.15) is 34.1 Å². The van der Waals surface area contributed by atoms with Crippen molar-refractivity contribution >= 4 is 9.84 Å². The highest BCUT2D eigenvalue weighted by Gasteiger charge is 2.31. The van der Waals surface area contributed by atoms with Crippen molar-refractivity contribution in [3.8, 4) is 0 Å². The van der Waals surface area contributed by atoms with Gasteiger partial charge in [0.05, 0.1) is 16.6 Å². The molecule has 0 aromatic carbocycles. The summed E-state index contributed by atoms with van der Waals surface area (Å²) in [5.74, 6) is 0.510. The minimum Gasteiger partial charge on any atom is -0.393 e. The van der Waals surface area contributed by atoms with E-state index < -0.39 is 14.6 Å². The molecule has 102 valence electrons. The van der Waals surface area contributed by atoms with Crippen LogP contribution in [0.5, 0.6) is 0 Å². The van der Waals surface area contributed by atoms with Crippen molar-refractivity contribution in [1.82, 2.24) is 4.90 Å². The lowest BCUT2D eigenvalue weighted by atomic mass is 10.0. The Hall–Kier alpha value is -0.130. The molecule has 0 saturated carbocycles. The van der Waals surface area contributed by atoms with E-state index in [9.17, 15) is 13.5 Å². The number of sulfone groups is 1. The van der Waals surface area contributed by atoms with Gasteiger partial charge in [0.1, 0.15) is 0 Å². The normalized spacial score (nSPS) is 25.1. The van der Waals surface area contributed by atoms with Gasteiger partial charge in [-0.2, -0.15) is 0 Å². The Labute approximate surface area is 105 Å². The highest BCUT2D eigenvalue weighted by atomic mass is 32.2. The van der Waals surface area contributed by atoms with Crippen molar-refractivity contribution in [3.63, 3.8) is 0 Å². The molecule has 5 heteroatoms. The third kappa shape index (κ3) is 3.93. The molecular weight excluding hydrogens is 238 g/mol. The number of hydrogen-bond donors (Lipinski definition) is 1.